The molecule has 1 aromatic rings. The lowest BCUT2D eigenvalue weighted by atomic mass is 10.1. The number of aromatic nitrogens is 1. The van der Waals surface area contributed by atoms with Gasteiger partial charge in [-0.05, 0) is 25.8 Å². The van der Waals surface area contributed by atoms with Gasteiger partial charge in [-0.1, -0.05) is 45.4 Å². The number of ether oxygens (including phenoxy) is 2. The first kappa shape index (κ1) is 31.0. The van der Waals surface area contributed by atoms with Gasteiger partial charge in [-0.25, -0.2) is 4.57 Å². The van der Waals surface area contributed by atoms with Gasteiger partial charge >= 0.3 is 7.82 Å². The van der Waals surface area contributed by atoms with Gasteiger partial charge in [0.05, 0.1) is 18.8 Å². The maximum atomic E-state index is 12.7. The summed E-state index contributed by atoms with van der Waals surface area (Å²) in [7, 11) is -2.66. The predicted octanol–water partition coefficient (Wildman–Crippen LogP) is 3.74. The third kappa shape index (κ3) is 10.3. The third-order valence-corrected chi connectivity index (χ3v) is 7.47. The number of carbonyl (C=O) groups is 1. The van der Waals surface area contributed by atoms with Crippen LogP contribution in [0.1, 0.15) is 81.8 Å². The van der Waals surface area contributed by atoms with Crippen molar-refractivity contribution in [2.45, 2.75) is 89.8 Å². The van der Waals surface area contributed by atoms with E-state index in [1.165, 1.54) is 56.9 Å². The Labute approximate surface area is 214 Å². The van der Waals surface area contributed by atoms with Crippen LogP contribution in [0.15, 0.2) is 24.5 Å². The van der Waals surface area contributed by atoms with E-state index < -0.39 is 32.4 Å². The Morgan fingerprint density at radius 1 is 1.03 bits per heavy atom. The minimum absolute atomic E-state index is 0.120. The molecule has 11 heteroatoms. The van der Waals surface area contributed by atoms with Crippen LogP contribution in [0.5, 0.6) is 0 Å². The summed E-state index contributed by atoms with van der Waals surface area (Å²) in [5.74, 6) is -0.140. The molecule has 1 aromatic heterocycles. The van der Waals surface area contributed by atoms with Gasteiger partial charge in [-0.3, -0.25) is 18.4 Å². The van der Waals surface area contributed by atoms with Crippen LogP contribution in [0.4, 0.5) is 0 Å². The lowest BCUT2D eigenvalue weighted by Crippen LogP contribution is -2.46. The van der Waals surface area contributed by atoms with Crippen LogP contribution in [0.2, 0.25) is 0 Å². The molecule has 0 spiro atoms. The van der Waals surface area contributed by atoms with E-state index in [0.29, 0.717) is 25.2 Å². The summed E-state index contributed by atoms with van der Waals surface area (Å²) in [5.41, 5.74) is 0.436. The molecule has 0 aromatic carbocycles. The molecule has 1 aliphatic heterocycles. The van der Waals surface area contributed by atoms with E-state index in [0.717, 1.165) is 12.8 Å². The topological polar surface area (TPSA) is 125 Å². The highest BCUT2D eigenvalue weighted by Gasteiger charge is 2.49. The quantitative estimate of drug-likeness (QED) is 0.119. The number of ketones is 1. The summed E-state index contributed by atoms with van der Waals surface area (Å²) in [6.07, 6.45) is 7.76. The molecule has 0 bridgehead atoms. The zero-order valence-electron chi connectivity index (χ0n) is 21.8. The number of aliphatic hydroxyl groups is 2. The molecule has 2 N–H and O–H groups in total. The minimum atomic E-state index is -3.87. The van der Waals surface area contributed by atoms with Gasteiger partial charge in [0.25, 0.3) is 6.23 Å². The third-order valence-electron chi connectivity index (χ3n) is 6.05. The van der Waals surface area contributed by atoms with E-state index in [1.54, 1.807) is 18.3 Å². The Morgan fingerprint density at radius 2 is 1.72 bits per heavy atom. The Balaban J connectivity index is 1.68. The van der Waals surface area contributed by atoms with Crippen molar-refractivity contribution >= 4 is 13.6 Å². The van der Waals surface area contributed by atoms with Crippen molar-refractivity contribution < 1.29 is 47.2 Å². The lowest BCUT2D eigenvalue weighted by Gasteiger charge is -2.19. The van der Waals surface area contributed by atoms with E-state index >= 15 is 0 Å². The number of rotatable bonds is 19. The molecule has 36 heavy (non-hydrogen) atoms. The molecule has 10 nitrogen and oxygen atoms in total. The normalized spacial score (nSPS) is 23.6. The summed E-state index contributed by atoms with van der Waals surface area (Å²) < 4.78 is 41.2. The van der Waals surface area contributed by atoms with Gasteiger partial charge in [-0.2, -0.15) is 4.57 Å². The van der Waals surface area contributed by atoms with Gasteiger partial charge in [0, 0.05) is 26.4 Å². The molecule has 0 radical (unpaired) electrons. The lowest BCUT2D eigenvalue weighted by molar-refractivity contribution is -0.765. The molecule has 2 rings (SSSR count). The Bertz CT molecular complexity index is 824. The molecule has 0 amide bonds. The molecule has 2 heterocycles. The Morgan fingerprint density at radius 3 is 2.42 bits per heavy atom. The molecule has 1 aliphatic rings. The second-order valence-electron chi connectivity index (χ2n) is 8.99. The number of phosphoric ester groups is 1. The highest BCUT2D eigenvalue weighted by Crippen LogP contribution is 2.49. The highest BCUT2D eigenvalue weighted by atomic mass is 31.2. The van der Waals surface area contributed by atoms with Crippen LogP contribution in [0.3, 0.4) is 0 Å². The molecular weight excluding hydrogens is 489 g/mol. The molecule has 0 saturated carbocycles. The number of aliphatic hydroxyl groups excluding tert-OH is 2. The van der Waals surface area contributed by atoms with Gasteiger partial charge in [-0.15, -0.1) is 0 Å². The molecule has 1 saturated heterocycles. The van der Waals surface area contributed by atoms with Crippen molar-refractivity contribution in [1.29, 1.82) is 0 Å². The van der Waals surface area contributed by atoms with E-state index in [-0.39, 0.29) is 19.0 Å². The largest absolute Gasteiger partial charge is 0.474 e. The Kier molecular flexibility index (Phi) is 14.3. The Hall–Kier alpha value is -1.23. The smallest absolute Gasteiger partial charge is 0.387 e. The summed E-state index contributed by atoms with van der Waals surface area (Å²) in [5, 5.41) is 20.8. The van der Waals surface area contributed by atoms with E-state index in [4.69, 9.17) is 23.0 Å². The maximum absolute atomic E-state index is 12.7. The van der Waals surface area contributed by atoms with Gasteiger partial charge in [0.2, 0.25) is 0 Å². The van der Waals surface area contributed by atoms with E-state index in [9.17, 15) is 19.6 Å². The molecule has 0 aliphatic carbocycles. The standard InChI is InChI=1S/C25H43NO9P/c1-4-5-6-7-8-9-10-15-32-16-12-17-33-36(30,31-3)34-19-22-23(28)24(29)25(35-22)26-14-11-13-21(18-26)20(2)27/h11,13-14,18,22-25,28-29H,4-10,12,15-17,19H2,1-3H3/q+1. The van der Waals surface area contributed by atoms with Crippen LogP contribution in [0.25, 0.3) is 0 Å². The fourth-order valence-electron chi connectivity index (χ4n) is 3.88. The average Bonchev–Trinajstić information content (AvgIpc) is 3.17. The zero-order chi connectivity index (χ0) is 26.4. The summed E-state index contributed by atoms with van der Waals surface area (Å²) >= 11 is 0. The fourth-order valence-corrected chi connectivity index (χ4v) is 4.85. The first-order valence-electron chi connectivity index (χ1n) is 12.9. The number of hydrogen-bond acceptors (Lipinski definition) is 9. The van der Waals surface area contributed by atoms with Crippen molar-refractivity contribution in [3.8, 4) is 0 Å². The van der Waals surface area contributed by atoms with Gasteiger partial charge < -0.3 is 19.7 Å². The summed E-state index contributed by atoms with van der Waals surface area (Å²) in [6, 6.07) is 3.29. The van der Waals surface area contributed by atoms with E-state index in [1.807, 2.05) is 0 Å². The number of carbonyl (C=O) groups excluding carboxylic acids is 1. The molecular formula is C25H43NO9P+. The van der Waals surface area contributed by atoms with Crippen molar-refractivity contribution in [3.05, 3.63) is 30.1 Å². The number of unbranched alkanes of at least 4 members (excludes halogenated alkanes) is 6. The molecule has 5 atom stereocenters. The predicted molar refractivity (Wildman–Crippen MR) is 133 cm³/mol. The number of phosphoric acid groups is 1. The van der Waals surface area contributed by atoms with Crippen molar-refractivity contribution in [3.63, 3.8) is 0 Å². The average molecular weight is 533 g/mol. The van der Waals surface area contributed by atoms with Crippen molar-refractivity contribution in [2.75, 3.05) is 33.5 Å². The fraction of sp³-hybridized carbons (Fsp3) is 0.760. The number of pyridine rings is 1. The maximum Gasteiger partial charge on any atom is 0.474 e. The van der Waals surface area contributed by atoms with Crippen molar-refractivity contribution in [2.24, 2.45) is 0 Å². The van der Waals surface area contributed by atoms with Crippen LogP contribution in [-0.4, -0.2) is 67.8 Å². The second kappa shape index (κ2) is 16.6. The van der Waals surface area contributed by atoms with Crippen LogP contribution < -0.4 is 4.57 Å². The first-order valence-corrected chi connectivity index (χ1v) is 14.3. The van der Waals surface area contributed by atoms with Gasteiger partial charge in [0.15, 0.2) is 24.3 Å². The first-order chi connectivity index (χ1) is 17.3. The second-order valence-corrected chi connectivity index (χ2v) is 10.8. The zero-order valence-corrected chi connectivity index (χ0v) is 22.6. The molecule has 206 valence electrons. The highest BCUT2D eigenvalue weighted by molar-refractivity contribution is 7.48. The monoisotopic (exact) mass is 532 g/mol. The van der Waals surface area contributed by atoms with Gasteiger partial charge in [0.1, 0.15) is 12.2 Å². The van der Waals surface area contributed by atoms with Crippen LogP contribution in [0, 0.1) is 0 Å². The molecule has 1 fully saturated rings. The number of Topliss-reactive ketones (excluding diaryl/α,β-unsaturated/α-hetero) is 1. The molecule has 5 unspecified atom stereocenters. The minimum Gasteiger partial charge on any atom is -0.387 e. The summed E-state index contributed by atoms with van der Waals surface area (Å²) in [6.45, 7) is 4.62. The van der Waals surface area contributed by atoms with Crippen LogP contribution in [-0.2, 0) is 27.6 Å². The van der Waals surface area contributed by atoms with Crippen LogP contribution >= 0.6 is 7.82 Å². The SMILES string of the molecule is CCCCCCCCCOCCCOP(=O)(OC)OCC1OC([n+]2cccc(C(C)=O)c2)C(O)C1O. The number of nitrogens with zero attached hydrogens (tertiary/aromatic N) is 1. The summed E-state index contributed by atoms with van der Waals surface area (Å²) in [4.78, 5) is 11.6. The van der Waals surface area contributed by atoms with E-state index in [2.05, 4.69) is 6.92 Å². The van der Waals surface area contributed by atoms with Crippen molar-refractivity contribution in [1.82, 2.24) is 0 Å². The number of hydrogen-bond donors (Lipinski definition) is 2.